The van der Waals surface area contributed by atoms with Crippen molar-refractivity contribution in [3.05, 3.63) is 53.0 Å². The molecule has 0 radical (unpaired) electrons. The van der Waals surface area contributed by atoms with Crippen molar-refractivity contribution in [2.75, 3.05) is 11.9 Å². The summed E-state index contributed by atoms with van der Waals surface area (Å²) in [6, 6.07) is 10.5. The minimum Gasteiger partial charge on any atom is -0.370 e. The van der Waals surface area contributed by atoms with Gasteiger partial charge in [0.25, 0.3) is 0 Å². The van der Waals surface area contributed by atoms with Gasteiger partial charge >= 0.3 is 0 Å². The van der Waals surface area contributed by atoms with E-state index in [2.05, 4.69) is 64.2 Å². The fourth-order valence-electron chi connectivity index (χ4n) is 2.51. The highest BCUT2D eigenvalue weighted by Gasteiger charge is 2.27. The summed E-state index contributed by atoms with van der Waals surface area (Å²) in [6.45, 7) is 11.6. The van der Waals surface area contributed by atoms with Crippen molar-refractivity contribution in [1.82, 2.24) is 9.97 Å². The van der Waals surface area contributed by atoms with Crippen LogP contribution in [0.1, 0.15) is 50.3 Å². The van der Waals surface area contributed by atoms with Gasteiger partial charge in [-0.3, -0.25) is 0 Å². The molecule has 1 aromatic heterocycles. The molecule has 21 heavy (non-hydrogen) atoms. The second-order valence-electron chi connectivity index (χ2n) is 5.84. The second-order valence-corrected chi connectivity index (χ2v) is 5.84. The first-order chi connectivity index (χ1) is 10.0. The molecule has 1 heterocycles. The molecule has 3 heteroatoms. The Kier molecular flexibility index (Phi) is 4.61. The Morgan fingerprint density at radius 1 is 1.05 bits per heavy atom. The van der Waals surface area contributed by atoms with Gasteiger partial charge < -0.3 is 5.32 Å². The fraction of sp³-hybridized carbons (Fsp3) is 0.444. The van der Waals surface area contributed by atoms with Gasteiger partial charge in [-0.15, -0.1) is 0 Å². The smallest absolute Gasteiger partial charge is 0.140 e. The zero-order valence-corrected chi connectivity index (χ0v) is 13.7. The molecule has 3 nitrogen and oxygen atoms in total. The van der Waals surface area contributed by atoms with Crippen LogP contribution in [0.4, 0.5) is 5.82 Å². The molecule has 0 amide bonds. The maximum Gasteiger partial charge on any atom is 0.140 e. The molecular formula is C18H25N3. The average Bonchev–Trinajstić information content (AvgIpc) is 2.50. The first kappa shape index (κ1) is 15.5. The van der Waals surface area contributed by atoms with E-state index in [1.165, 1.54) is 5.56 Å². The molecule has 0 aliphatic carbocycles. The molecule has 0 saturated carbocycles. The van der Waals surface area contributed by atoms with Crippen molar-refractivity contribution in [3.63, 3.8) is 0 Å². The van der Waals surface area contributed by atoms with Gasteiger partial charge in [0.05, 0.1) is 0 Å². The van der Waals surface area contributed by atoms with Crippen molar-refractivity contribution >= 4 is 5.82 Å². The van der Waals surface area contributed by atoms with E-state index in [0.29, 0.717) is 0 Å². The highest BCUT2D eigenvalue weighted by molar-refractivity contribution is 5.47. The lowest BCUT2D eigenvalue weighted by Crippen LogP contribution is -2.24. The molecular weight excluding hydrogens is 258 g/mol. The number of hydrogen-bond donors (Lipinski definition) is 1. The minimum absolute atomic E-state index is 0.205. The standard InChI is InChI=1S/C18H25N3/c1-6-15-13(3)16(19-7-2)21-17(20-15)18(4,5)14-11-9-8-10-12-14/h8-12H,6-7H2,1-5H3,(H,19,20,21). The summed E-state index contributed by atoms with van der Waals surface area (Å²) in [5.74, 6) is 1.84. The SMILES string of the molecule is CCNc1nc(C(C)(C)c2ccccc2)nc(CC)c1C. The average molecular weight is 283 g/mol. The van der Waals surface area contributed by atoms with E-state index in [4.69, 9.17) is 9.97 Å². The lowest BCUT2D eigenvalue weighted by molar-refractivity contribution is 0.585. The van der Waals surface area contributed by atoms with Crippen LogP contribution in [0.2, 0.25) is 0 Å². The van der Waals surface area contributed by atoms with Crippen LogP contribution in [0.5, 0.6) is 0 Å². The number of benzene rings is 1. The number of anilines is 1. The molecule has 0 bridgehead atoms. The zero-order chi connectivity index (χ0) is 15.5. The van der Waals surface area contributed by atoms with E-state index < -0.39 is 0 Å². The predicted molar refractivity (Wildman–Crippen MR) is 88.9 cm³/mol. The third kappa shape index (κ3) is 3.07. The first-order valence-corrected chi connectivity index (χ1v) is 7.68. The molecule has 0 spiro atoms. The third-order valence-corrected chi connectivity index (χ3v) is 3.98. The normalized spacial score (nSPS) is 11.5. The Morgan fingerprint density at radius 3 is 2.29 bits per heavy atom. The van der Waals surface area contributed by atoms with Crippen LogP contribution in [0.3, 0.4) is 0 Å². The Bertz CT molecular complexity index is 603. The Morgan fingerprint density at radius 2 is 1.71 bits per heavy atom. The van der Waals surface area contributed by atoms with Crippen molar-refractivity contribution in [2.24, 2.45) is 0 Å². The largest absolute Gasteiger partial charge is 0.370 e. The molecule has 0 atom stereocenters. The van der Waals surface area contributed by atoms with Gasteiger partial charge in [-0.05, 0) is 39.7 Å². The maximum atomic E-state index is 4.83. The Hall–Kier alpha value is -1.90. The van der Waals surface area contributed by atoms with E-state index in [-0.39, 0.29) is 5.41 Å². The molecule has 1 N–H and O–H groups in total. The van der Waals surface area contributed by atoms with Gasteiger partial charge in [0.1, 0.15) is 11.6 Å². The summed E-state index contributed by atoms with van der Waals surface area (Å²) < 4.78 is 0. The number of nitrogens with one attached hydrogen (secondary N) is 1. The molecule has 0 fully saturated rings. The molecule has 0 unspecified atom stereocenters. The van der Waals surface area contributed by atoms with Crippen LogP contribution in [-0.2, 0) is 11.8 Å². The highest BCUT2D eigenvalue weighted by atomic mass is 15.0. The van der Waals surface area contributed by atoms with E-state index in [0.717, 1.165) is 35.9 Å². The van der Waals surface area contributed by atoms with Crippen molar-refractivity contribution < 1.29 is 0 Å². The summed E-state index contributed by atoms with van der Waals surface area (Å²) in [6.07, 6.45) is 0.921. The summed E-state index contributed by atoms with van der Waals surface area (Å²) in [7, 11) is 0. The number of aromatic nitrogens is 2. The van der Waals surface area contributed by atoms with Gasteiger partial charge in [-0.25, -0.2) is 9.97 Å². The molecule has 0 aliphatic rings. The van der Waals surface area contributed by atoms with Crippen molar-refractivity contribution in [1.29, 1.82) is 0 Å². The van der Waals surface area contributed by atoms with E-state index >= 15 is 0 Å². The van der Waals surface area contributed by atoms with Crippen LogP contribution in [0, 0.1) is 6.92 Å². The second kappa shape index (κ2) is 6.25. The van der Waals surface area contributed by atoms with Crippen LogP contribution >= 0.6 is 0 Å². The topological polar surface area (TPSA) is 37.8 Å². The highest BCUT2D eigenvalue weighted by Crippen LogP contribution is 2.30. The monoisotopic (exact) mass is 283 g/mol. The van der Waals surface area contributed by atoms with Crippen LogP contribution in [0.15, 0.2) is 30.3 Å². The fourth-order valence-corrected chi connectivity index (χ4v) is 2.51. The quantitative estimate of drug-likeness (QED) is 0.897. The zero-order valence-electron chi connectivity index (χ0n) is 13.7. The van der Waals surface area contributed by atoms with Crippen molar-refractivity contribution in [3.8, 4) is 0 Å². The number of hydrogen-bond acceptors (Lipinski definition) is 3. The number of aryl methyl sites for hydroxylation is 1. The minimum atomic E-state index is -0.205. The predicted octanol–water partition coefficient (Wildman–Crippen LogP) is 4.11. The lowest BCUT2D eigenvalue weighted by Gasteiger charge is -2.25. The first-order valence-electron chi connectivity index (χ1n) is 7.68. The lowest BCUT2D eigenvalue weighted by atomic mass is 9.83. The van der Waals surface area contributed by atoms with Gasteiger partial charge in [0, 0.05) is 23.2 Å². The van der Waals surface area contributed by atoms with Gasteiger partial charge in [-0.1, -0.05) is 37.3 Å². The molecule has 0 saturated heterocycles. The van der Waals surface area contributed by atoms with Gasteiger partial charge in [0.2, 0.25) is 0 Å². The summed E-state index contributed by atoms with van der Waals surface area (Å²) >= 11 is 0. The molecule has 2 aromatic rings. The third-order valence-electron chi connectivity index (χ3n) is 3.98. The van der Waals surface area contributed by atoms with Crippen LogP contribution in [0.25, 0.3) is 0 Å². The summed E-state index contributed by atoms with van der Waals surface area (Å²) in [5.41, 5.74) is 3.31. The van der Waals surface area contributed by atoms with E-state index in [1.54, 1.807) is 0 Å². The molecule has 112 valence electrons. The van der Waals surface area contributed by atoms with Crippen molar-refractivity contribution in [2.45, 2.75) is 46.5 Å². The van der Waals surface area contributed by atoms with Gasteiger partial charge in [-0.2, -0.15) is 0 Å². The number of nitrogens with zero attached hydrogens (tertiary/aromatic N) is 2. The molecule has 0 aliphatic heterocycles. The summed E-state index contributed by atoms with van der Waals surface area (Å²) in [4.78, 5) is 9.63. The van der Waals surface area contributed by atoms with Gasteiger partial charge in [0.15, 0.2) is 0 Å². The Labute approximate surface area is 127 Å². The number of rotatable bonds is 5. The molecule has 1 aromatic carbocycles. The Balaban J connectivity index is 2.55. The summed E-state index contributed by atoms with van der Waals surface area (Å²) in [5, 5.41) is 3.36. The molecule has 2 rings (SSSR count). The van der Waals surface area contributed by atoms with E-state index in [9.17, 15) is 0 Å². The van der Waals surface area contributed by atoms with Crippen LogP contribution in [-0.4, -0.2) is 16.5 Å². The van der Waals surface area contributed by atoms with Crippen LogP contribution < -0.4 is 5.32 Å². The maximum absolute atomic E-state index is 4.83. The van der Waals surface area contributed by atoms with E-state index in [1.807, 2.05) is 6.07 Å².